The molecule has 0 aromatic heterocycles. The fraction of sp³-hybridized carbons (Fsp3) is 0.533. The van der Waals surface area contributed by atoms with Crippen molar-refractivity contribution in [2.24, 2.45) is 5.73 Å². The molecule has 23 heavy (non-hydrogen) atoms. The Morgan fingerprint density at radius 2 is 2.13 bits per heavy atom. The molecule has 3 N–H and O–H groups in total. The van der Waals surface area contributed by atoms with Crippen molar-refractivity contribution < 1.29 is 17.9 Å². The third-order valence-corrected chi connectivity index (χ3v) is 5.79. The van der Waals surface area contributed by atoms with Gasteiger partial charge in [0.2, 0.25) is 15.9 Å². The van der Waals surface area contributed by atoms with E-state index in [0.29, 0.717) is 26.3 Å². The minimum atomic E-state index is -3.71. The van der Waals surface area contributed by atoms with Crippen LogP contribution in [0.2, 0.25) is 0 Å². The molecular formula is C15H21N3O4S. The van der Waals surface area contributed by atoms with Crippen LogP contribution in [0.4, 0.5) is 0 Å². The second kappa shape index (κ2) is 6.56. The van der Waals surface area contributed by atoms with Crippen molar-refractivity contribution in [1.82, 2.24) is 9.62 Å². The Morgan fingerprint density at radius 3 is 2.91 bits per heavy atom. The first-order valence-corrected chi connectivity index (χ1v) is 9.18. The third-order valence-electron chi connectivity index (χ3n) is 4.39. The number of nitrogens with zero attached hydrogens (tertiary/aromatic N) is 1. The van der Waals surface area contributed by atoms with Gasteiger partial charge in [-0.25, -0.2) is 13.1 Å². The van der Waals surface area contributed by atoms with Gasteiger partial charge in [-0.3, -0.25) is 4.79 Å². The first kappa shape index (κ1) is 16.4. The number of hydrogen-bond donors (Lipinski definition) is 2. The number of sulfonamides is 1. The van der Waals surface area contributed by atoms with Crippen molar-refractivity contribution in [2.75, 3.05) is 19.6 Å². The zero-order valence-corrected chi connectivity index (χ0v) is 13.6. The lowest BCUT2D eigenvalue weighted by atomic mass is 10.1. The molecule has 2 aliphatic heterocycles. The Kier molecular flexibility index (Phi) is 4.67. The quantitative estimate of drug-likeness (QED) is 0.783. The molecule has 0 aliphatic carbocycles. The number of rotatable bonds is 5. The van der Waals surface area contributed by atoms with Crippen molar-refractivity contribution in [1.29, 1.82) is 0 Å². The van der Waals surface area contributed by atoms with Crippen LogP contribution in [0.5, 0.6) is 0 Å². The molecule has 1 fully saturated rings. The number of carbonyl (C=O) groups excluding carboxylic acids is 1. The molecule has 1 unspecified atom stereocenters. The van der Waals surface area contributed by atoms with E-state index in [4.69, 9.17) is 10.5 Å². The van der Waals surface area contributed by atoms with Crippen LogP contribution in [-0.2, 0) is 32.8 Å². The average Bonchev–Trinajstić information content (AvgIpc) is 3.20. The van der Waals surface area contributed by atoms with Crippen LogP contribution in [0.1, 0.15) is 24.0 Å². The van der Waals surface area contributed by atoms with Crippen molar-refractivity contribution >= 4 is 15.9 Å². The largest absolute Gasteiger partial charge is 0.372 e. The first-order chi connectivity index (χ1) is 11.0. The second-order valence-corrected chi connectivity index (χ2v) is 7.63. The van der Waals surface area contributed by atoms with Crippen molar-refractivity contribution in [3.05, 3.63) is 29.3 Å². The fourth-order valence-electron chi connectivity index (χ4n) is 3.07. The molecule has 2 heterocycles. The zero-order valence-electron chi connectivity index (χ0n) is 12.8. The van der Waals surface area contributed by atoms with Crippen LogP contribution in [0.25, 0.3) is 0 Å². The highest BCUT2D eigenvalue weighted by atomic mass is 32.2. The summed E-state index contributed by atoms with van der Waals surface area (Å²) in [6.07, 6.45) is 1.78. The highest BCUT2D eigenvalue weighted by Gasteiger charge is 2.28. The number of benzene rings is 1. The highest BCUT2D eigenvalue weighted by Crippen LogP contribution is 2.23. The molecule has 1 aromatic carbocycles. The number of amides is 1. The summed E-state index contributed by atoms with van der Waals surface area (Å²) in [5, 5.41) is 0. The highest BCUT2D eigenvalue weighted by molar-refractivity contribution is 7.89. The van der Waals surface area contributed by atoms with E-state index in [-0.39, 0.29) is 23.4 Å². The number of ether oxygens (including phenoxy) is 1. The smallest absolute Gasteiger partial charge is 0.241 e. The predicted octanol–water partition coefficient (Wildman–Crippen LogP) is -0.0552. The van der Waals surface area contributed by atoms with Crippen molar-refractivity contribution in [2.45, 2.75) is 37.0 Å². The number of carbonyl (C=O) groups is 1. The number of fused-ring (bicyclic) bond motifs is 1. The van der Waals surface area contributed by atoms with E-state index < -0.39 is 10.0 Å². The van der Waals surface area contributed by atoms with Gasteiger partial charge < -0.3 is 15.4 Å². The topological polar surface area (TPSA) is 102 Å². The van der Waals surface area contributed by atoms with E-state index in [9.17, 15) is 13.2 Å². The van der Waals surface area contributed by atoms with Crippen LogP contribution < -0.4 is 10.5 Å². The summed E-state index contributed by atoms with van der Waals surface area (Å²) in [6.45, 7) is 1.73. The molecule has 7 nitrogen and oxygen atoms in total. The SMILES string of the molecule is NCC1CCCN1C(=O)CNS(=O)(=O)c1ccc2c(c1)COC2. The summed E-state index contributed by atoms with van der Waals surface area (Å²) in [5.41, 5.74) is 7.52. The number of nitrogens with one attached hydrogen (secondary N) is 1. The number of likely N-dealkylation sites (tertiary alicyclic amines) is 1. The first-order valence-electron chi connectivity index (χ1n) is 7.70. The van der Waals surface area contributed by atoms with Gasteiger partial charge in [-0.05, 0) is 36.1 Å². The molecule has 2 aliphatic rings. The zero-order chi connectivity index (χ0) is 16.4. The Labute approximate surface area is 135 Å². The monoisotopic (exact) mass is 339 g/mol. The van der Waals surface area contributed by atoms with E-state index in [0.717, 1.165) is 24.0 Å². The molecule has 0 spiro atoms. The third kappa shape index (κ3) is 3.40. The van der Waals surface area contributed by atoms with Gasteiger partial charge in [-0.2, -0.15) is 0 Å². The molecule has 1 amide bonds. The Bertz CT molecular complexity index is 705. The van der Waals surface area contributed by atoms with Gasteiger partial charge in [-0.15, -0.1) is 0 Å². The van der Waals surface area contributed by atoms with Crippen LogP contribution in [-0.4, -0.2) is 44.9 Å². The Hall–Kier alpha value is -1.48. The lowest BCUT2D eigenvalue weighted by Gasteiger charge is -2.23. The maximum Gasteiger partial charge on any atom is 0.241 e. The summed E-state index contributed by atoms with van der Waals surface area (Å²) in [6, 6.07) is 4.92. The van der Waals surface area contributed by atoms with Gasteiger partial charge in [0.15, 0.2) is 0 Å². The molecule has 1 aromatic rings. The second-order valence-electron chi connectivity index (χ2n) is 5.87. The van der Waals surface area contributed by atoms with Crippen LogP contribution in [0, 0.1) is 0 Å². The molecule has 0 saturated carbocycles. The van der Waals surface area contributed by atoms with E-state index >= 15 is 0 Å². The molecule has 1 atom stereocenters. The predicted molar refractivity (Wildman–Crippen MR) is 83.9 cm³/mol. The van der Waals surface area contributed by atoms with E-state index in [1.165, 1.54) is 0 Å². The summed E-state index contributed by atoms with van der Waals surface area (Å²) < 4.78 is 32.4. The van der Waals surface area contributed by atoms with Gasteiger partial charge in [0.25, 0.3) is 0 Å². The maximum atomic E-state index is 12.4. The minimum absolute atomic E-state index is 0.0177. The van der Waals surface area contributed by atoms with Crippen LogP contribution in [0.3, 0.4) is 0 Å². The molecule has 0 bridgehead atoms. The standard InChI is InChI=1S/C15H21N3O4S/c16-7-13-2-1-5-18(13)15(19)8-17-23(20,21)14-4-3-11-9-22-10-12(11)6-14/h3-4,6,13,17H,1-2,5,7-10,16H2. The molecule has 1 saturated heterocycles. The average molecular weight is 339 g/mol. The van der Waals surface area contributed by atoms with Crippen molar-refractivity contribution in [3.63, 3.8) is 0 Å². The molecule has 8 heteroatoms. The van der Waals surface area contributed by atoms with E-state index in [1.54, 1.807) is 23.1 Å². The molecule has 0 radical (unpaired) electrons. The summed E-state index contributed by atoms with van der Waals surface area (Å²) in [7, 11) is -3.71. The van der Waals surface area contributed by atoms with Gasteiger partial charge in [0, 0.05) is 19.1 Å². The number of nitrogens with two attached hydrogens (primary N) is 1. The summed E-state index contributed by atoms with van der Waals surface area (Å²) in [5.74, 6) is -0.231. The Balaban J connectivity index is 1.66. The Morgan fingerprint density at radius 1 is 1.35 bits per heavy atom. The van der Waals surface area contributed by atoms with Crippen LogP contribution in [0.15, 0.2) is 23.1 Å². The van der Waals surface area contributed by atoms with Gasteiger partial charge >= 0.3 is 0 Å². The molecular weight excluding hydrogens is 318 g/mol. The summed E-state index contributed by atoms with van der Waals surface area (Å²) >= 11 is 0. The van der Waals surface area contributed by atoms with E-state index in [2.05, 4.69) is 4.72 Å². The van der Waals surface area contributed by atoms with Crippen molar-refractivity contribution in [3.8, 4) is 0 Å². The van der Waals surface area contributed by atoms with Crippen LogP contribution >= 0.6 is 0 Å². The van der Waals surface area contributed by atoms with Gasteiger partial charge in [0.05, 0.1) is 24.7 Å². The van der Waals surface area contributed by atoms with Gasteiger partial charge in [-0.1, -0.05) is 6.07 Å². The lowest BCUT2D eigenvalue weighted by molar-refractivity contribution is -0.130. The summed E-state index contributed by atoms with van der Waals surface area (Å²) in [4.78, 5) is 14.0. The molecule has 126 valence electrons. The van der Waals surface area contributed by atoms with Gasteiger partial charge in [0.1, 0.15) is 0 Å². The normalized spacial score (nSPS) is 20.7. The lowest BCUT2D eigenvalue weighted by Crippen LogP contribution is -2.45. The number of hydrogen-bond acceptors (Lipinski definition) is 5. The minimum Gasteiger partial charge on any atom is -0.372 e. The maximum absolute atomic E-state index is 12.4. The van der Waals surface area contributed by atoms with E-state index in [1.807, 2.05) is 0 Å². The fourth-order valence-corrected chi connectivity index (χ4v) is 4.09. The molecule has 3 rings (SSSR count).